The van der Waals surface area contributed by atoms with Gasteiger partial charge < -0.3 is 15.4 Å². The molecule has 0 spiro atoms. The van der Waals surface area contributed by atoms with Crippen LogP contribution in [0.25, 0.3) is 0 Å². The first kappa shape index (κ1) is 19.3. The average Bonchev–Trinajstić information content (AvgIpc) is 3.25. The molecule has 2 bridgehead atoms. The molecule has 160 valence electrons. The smallest absolute Gasteiger partial charge is 0.407 e. The van der Waals surface area contributed by atoms with E-state index < -0.39 is 0 Å². The molecule has 4 saturated carbocycles. The van der Waals surface area contributed by atoms with Crippen LogP contribution in [-0.4, -0.2) is 37.7 Å². The number of aromatic nitrogens is 4. The molecular formula is C22H30N6O2. The van der Waals surface area contributed by atoms with E-state index in [0.29, 0.717) is 5.82 Å². The van der Waals surface area contributed by atoms with E-state index in [4.69, 9.17) is 9.84 Å². The number of nitrogens with zero attached hydrogens (tertiary/aromatic N) is 4. The summed E-state index contributed by atoms with van der Waals surface area (Å²) in [6, 6.07) is 5.83. The van der Waals surface area contributed by atoms with E-state index >= 15 is 0 Å². The van der Waals surface area contributed by atoms with Gasteiger partial charge in [0, 0.05) is 23.7 Å². The second-order valence-electron chi connectivity index (χ2n) is 10.2. The highest BCUT2D eigenvalue weighted by atomic mass is 16.6. The standard InChI is InChI=1S/C22H30N6O2/c1-21(2,3)28-19(24-18-5-4-8-23-26-18)10-17(27-28)15-6-7-16(9-15)30-20(29)25-22-11-14(12-22)13-22/h4-5,8,10,14-16H,6-7,9,11-13H2,1-3H3,(H,24,26)(H,25,29)/t14?,15-,16+,22?/m0/s1. The van der Waals surface area contributed by atoms with Crippen LogP contribution in [0.2, 0.25) is 0 Å². The summed E-state index contributed by atoms with van der Waals surface area (Å²) in [6.07, 6.45) is 7.40. The van der Waals surface area contributed by atoms with Crippen molar-refractivity contribution in [3.63, 3.8) is 0 Å². The van der Waals surface area contributed by atoms with Crippen LogP contribution in [0.1, 0.15) is 70.9 Å². The lowest BCUT2D eigenvalue weighted by Crippen LogP contribution is -2.68. The SMILES string of the molecule is CC(C)(C)n1nc([C@H]2CC[C@@H](OC(=O)NC34CC(C3)C4)C2)cc1Nc1cccnn1. The van der Waals surface area contributed by atoms with Crippen LogP contribution in [0.4, 0.5) is 16.4 Å². The van der Waals surface area contributed by atoms with E-state index in [9.17, 15) is 4.79 Å². The van der Waals surface area contributed by atoms with Crippen LogP contribution in [-0.2, 0) is 10.3 Å². The van der Waals surface area contributed by atoms with Crippen molar-refractivity contribution in [2.75, 3.05) is 5.32 Å². The fraction of sp³-hybridized carbons (Fsp3) is 0.636. The van der Waals surface area contributed by atoms with E-state index in [-0.39, 0.29) is 29.2 Å². The van der Waals surface area contributed by atoms with Gasteiger partial charge in [-0.05, 0) is 77.3 Å². The molecule has 1 amide bonds. The number of hydrogen-bond donors (Lipinski definition) is 2. The van der Waals surface area contributed by atoms with Gasteiger partial charge in [0.15, 0.2) is 5.82 Å². The predicted octanol–water partition coefficient (Wildman–Crippen LogP) is 4.09. The summed E-state index contributed by atoms with van der Waals surface area (Å²) in [5, 5.41) is 19.4. The maximum Gasteiger partial charge on any atom is 0.407 e. The highest BCUT2D eigenvalue weighted by molar-refractivity contribution is 5.69. The van der Waals surface area contributed by atoms with Gasteiger partial charge in [0.1, 0.15) is 11.9 Å². The molecule has 8 heteroatoms. The Balaban J connectivity index is 1.25. The summed E-state index contributed by atoms with van der Waals surface area (Å²) in [6.45, 7) is 6.38. The summed E-state index contributed by atoms with van der Waals surface area (Å²) < 4.78 is 7.74. The zero-order valence-electron chi connectivity index (χ0n) is 17.9. The number of hydrogen-bond acceptors (Lipinski definition) is 6. The van der Waals surface area contributed by atoms with E-state index in [1.807, 2.05) is 16.8 Å². The molecule has 4 aliphatic rings. The summed E-state index contributed by atoms with van der Waals surface area (Å²) in [4.78, 5) is 12.3. The lowest BCUT2D eigenvalue weighted by molar-refractivity contribution is -0.0506. The Morgan fingerprint density at radius 2 is 2.07 bits per heavy atom. The first-order chi connectivity index (χ1) is 14.3. The van der Waals surface area contributed by atoms with Crippen LogP contribution in [0.15, 0.2) is 24.4 Å². The molecule has 0 radical (unpaired) electrons. The third kappa shape index (κ3) is 3.63. The third-order valence-electron chi connectivity index (χ3n) is 6.67. The van der Waals surface area contributed by atoms with Crippen LogP contribution < -0.4 is 10.6 Å². The van der Waals surface area contributed by atoms with Crippen molar-refractivity contribution in [1.82, 2.24) is 25.3 Å². The van der Waals surface area contributed by atoms with E-state index in [1.165, 1.54) is 0 Å². The van der Waals surface area contributed by atoms with Crippen molar-refractivity contribution in [3.05, 3.63) is 30.1 Å². The molecule has 6 rings (SSSR count). The van der Waals surface area contributed by atoms with Crippen molar-refractivity contribution in [2.24, 2.45) is 5.92 Å². The first-order valence-corrected chi connectivity index (χ1v) is 10.9. The van der Waals surface area contributed by atoms with Crippen molar-refractivity contribution in [1.29, 1.82) is 0 Å². The molecule has 0 unspecified atom stereocenters. The predicted molar refractivity (Wildman–Crippen MR) is 113 cm³/mol. The van der Waals surface area contributed by atoms with Gasteiger partial charge in [-0.15, -0.1) is 5.10 Å². The molecule has 2 heterocycles. The van der Waals surface area contributed by atoms with Crippen LogP contribution in [0.5, 0.6) is 0 Å². The minimum Gasteiger partial charge on any atom is -0.446 e. The van der Waals surface area contributed by atoms with Gasteiger partial charge in [-0.1, -0.05) is 0 Å². The Bertz CT molecular complexity index is 918. The summed E-state index contributed by atoms with van der Waals surface area (Å²) >= 11 is 0. The van der Waals surface area contributed by atoms with Crippen LogP contribution >= 0.6 is 0 Å². The normalized spacial score (nSPS) is 29.6. The van der Waals surface area contributed by atoms with Gasteiger partial charge in [0.05, 0.1) is 11.2 Å². The fourth-order valence-electron chi connectivity index (χ4n) is 5.04. The summed E-state index contributed by atoms with van der Waals surface area (Å²) in [5.41, 5.74) is 0.911. The van der Waals surface area contributed by atoms with Crippen molar-refractivity contribution < 1.29 is 9.53 Å². The van der Waals surface area contributed by atoms with E-state index in [2.05, 4.69) is 47.7 Å². The zero-order valence-corrected chi connectivity index (χ0v) is 17.9. The first-order valence-electron chi connectivity index (χ1n) is 10.9. The van der Waals surface area contributed by atoms with Gasteiger partial charge in [-0.25, -0.2) is 9.48 Å². The largest absolute Gasteiger partial charge is 0.446 e. The molecule has 4 fully saturated rings. The highest BCUT2D eigenvalue weighted by Gasteiger charge is 2.57. The number of nitrogens with one attached hydrogen (secondary N) is 2. The lowest BCUT2D eigenvalue weighted by atomic mass is 9.50. The Morgan fingerprint density at radius 3 is 2.70 bits per heavy atom. The van der Waals surface area contributed by atoms with Gasteiger partial charge in [-0.3, -0.25) is 0 Å². The fourth-order valence-corrected chi connectivity index (χ4v) is 5.04. The molecule has 0 aliphatic heterocycles. The Labute approximate surface area is 176 Å². The van der Waals surface area contributed by atoms with E-state index in [0.717, 1.165) is 56.0 Å². The molecule has 8 nitrogen and oxygen atoms in total. The number of ether oxygens (including phenoxy) is 1. The minimum atomic E-state index is -0.246. The van der Waals surface area contributed by atoms with Gasteiger partial charge in [0.25, 0.3) is 0 Å². The van der Waals surface area contributed by atoms with Crippen LogP contribution in [0, 0.1) is 5.92 Å². The number of carbonyl (C=O) groups excluding carboxylic acids is 1. The molecule has 0 saturated heterocycles. The Hall–Kier alpha value is -2.64. The highest BCUT2D eigenvalue weighted by Crippen LogP contribution is 2.57. The second-order valence-corrected chi connectivity index (χ2v) is 10.2. The molecular weight excluding hydrogens is 380 g/mol. The quantitative estimate of drug-likeness (QED) is 0.771. The Kier molecular flexibility index (Phi) is 4.48. The molecule has 2 N–H and O–H groups in total. The lowest BCUT2D eigenvalue weighted by Gasteiger charge is -2.61. The number of carbonyl (C=O) groups is 1. The number of alkyl carbamates (subject to hydrolysis) is 1. The molecule has 2 aromatic rings. The molecule has 0 aromatic carbocycles. The molecule has 30 heavy (non-hydrogen) atoms. The Morgan fingerprint density at radius 1 is 1.27 bits per heavy atom. The second kappa shape index (κ2) is 6.96. The van der Waals surface area contributed by atoms with Crippen LogP contribution in [0.3, 0.4) is 0 Å². The molecule has 2 aromatic heterocycles. The van der Waals surface area contributed by atoms with Gasteiger partial charge in [0.2, 0.25) is 0 Å². The molecule has 4 aliphatic carbocycles. The maximum absolute atomic E-state index is 12.3. The average molecular weight is 411 g/mol. The third-order valence-corrected chi connectivity index (χ3v) is 6.67. The minimum absolute atomic E-state index is 0.0430. The number of rotatable bonds is 5. The van der Waals surface area contributed by atoms with E-state index in [1.54, 1.807) is 6.20 Å². The maximum atomic E-state index is 12.3. The monoisotopic (exact) mass is 410 g/mol. The van der Waals surface area contributed by atoms with Crippen molar-refractivity contribution >= 4 is 17.7 Å². The van der Waals surface area contributed by atoms with Gasteiger partial charge in [-0.2, -0.15) is 10.2 Å². The summed E-state index contributed by atoms with van der Waals surface area (Å²) in [7, 11) is 0. The number of amides is 1. The van der Waals surface area contributed by atoms with Crippen molar-refractivity contribution in [2.45, 2.75) is 82.4 Å². The zero-order chi connectivity index (χ0) is 20.9. The topological polar surface area (TPSA) is 94.0 Å². The van der Waals surface area contributed by atoms with Crippen molar-refractivity contribution in [3.8, 4) is 0 Å². The number of anilines is 2. The summed E-state index contributed by atoms with van der Waals surface area (Å²) in [5.74, 6) is 2.70. The molecule has 2 atom stereocenters. The van der Waals surface area contributed by atoms with Gasteiger partial charge >= 0.3 is 6.09 Å².